The third-order valence-electron chi connectivity index (χ3n) is 3.62. The standard InChI is InChI=1S/C16H15ClN4O2/c1-22-13-4-2-10(3-5-13)14-6-11(17)7-15-16(14)20-12(9-23-15)8-19-21-18/h2-7,12,20H,8-9H2,1H3. The van der Waals surface area contributed by atoms with Crippen LogP contribution in [0.3, 0.4) is 0 Å². The van der Waals surface area contributed by atoms with Crippen LogP contribution in [0.1, 0.15) is 0 Å². The third-order valence-corrected chi connectivity index (χ3v) is 3.84. The summed E-state index contributed by atoms with van der Waals surface area (Å²) in [5.41, 5.74) is 11.2. The quantitative estimate of drug-likeness (QED) is 0.509. The molecule has 6 nitrogen and oxygen atoms in total. The minimum absolute atomic E-state index is 0.0726. The Morgan fingerprint density at radius 2 is 2.17 bits per heavy atom. The predicted octanol–water partition coefficient (Wildman–Crippen LogP) is 4.50. The second kappa shape index (κ2) is 6.69. The number of anilines is 1. The zero-order chi connectivity index (χ0) is 16.2. The van der Waals surface area contributed by atoms with Gasteiger partial charge in [-0.25, -0.2) is 0 Å². The summed E-state index contributed by atoms with van der Waals surface area (Å²) in [6.07, 6.45) is 0. The van der Waals surface area contributed by atoms with E-state index in [2.05, 4.69) is 15.3 Å². The van der Waals surface area contributed by atoms with E-state index in [1.165, 1.54) is 0 Å². The van der Waals surface area contributed by atoms with Gasteiger partial charge in [0.2, 0.25) is 0 Å². The van der Waals surface area contributed by atoms with Crippen LogP contribution < -0.4 is 14.8 Å². The first-order valence-corrected chi connectivity index (χ1v) is 7.47. The second-order valence-corrected chi connectivity index (χ2v) is 5.56. The van der Waals surface area contributed by atoms with E-state index in [4.69, 9.17) is 26.6 Å². The van der Waals surface area contributed by atoms with Gasteiger partial charge in [0.15, 0.2) is 0 Å². The molecule has 0 saturated carbocycles. The molecule has 0 aliphatic carbocycles. The van der Waals surface area contributed by atoms with Crippen molar-refractivity contribution >= 4 is 17.3 Å². The monoisotopic (exact) mass is 330 g/mol. The van der Waals surface area contributed by atoms with Crippen LogP contribution in [0.15, 0.2) is 41.5 Å². The fourth-order valence-corrected chi connectivity index (χ4v) is 2.72. The van der Waals surface area contributed by atoms with Gasteiger partial charge in [-0.15, -0.1) is 0 Å². The molecule has 1 heterocycles. The van der Waals surface area contributed by atoms with Crippen LogP contribution in [-0.4, -0.2) is 26.3 Å². The van der Waals surface area contributed by atoms with Crippen LogP contribution >= 0.6 is 11.6 Å². The van der Waals surface area contributed by atoms with E-state index in [1.54, 1.807) is 13.2 Å². The maximum Gasteiger partial charge on any atom is 0.144 e. The number of halogens is 1. The lowest BCUT2D eigenvalue weighted by Crippen LogP contribution is -2.34. The summed E-state index contributed by atoms with van der Waals surface area (Å²) in [6, 6.07) is 11.3. The highest BCUT2D eigenvalue weighted by Crippen LogP contribution is 2.41. The maximum atomic E-state index is 8.47. The van der Waals surface area contributed by atoms with Gasteiger partial charge in [0.1, 0.15) is 18.1 Å². The number of benzene rings is 2. The summed E-state index contributed by atoms with van der Waals surface area (Å²) in [7, 11) is 1.63. The van der Waals surface area contributed by atoms with Crippen LogP contribution in [-0.2, 0) is 0 Å². The Balaban J connectivity index is 2.00. The van der Waals surface area contributed by atoms with E-state index >= 15 is 0 Å². The molecule has 1 atom stereocenters. The van der Waals surface area contributed by atoms with E-state index in [-0.39, 0.29) is 6.04 Å². The minimum atomic E-state index is -0.0726. The van der Waals surface area contributed by atoms with Crippen molar-refractivity contribution in [2.45, 2.75) is 6.04 Å². The molecule has 1 N–H and O–H groups in total. The Morgan fingerprint density at radius 3 is 2.87 bits per heavy atom. The Hall–Kier alpha value is -2.56. The summed E-state index contributed by atoms with van der Waals surface area (Å²) < 4.78 is 11.0. The Labute approximate surface area is 138 Å². The number of rotatable bonds is 4. The zero-order valence-electron chi connectivity index (χ0n) is 12.5. The van der Waals surface area contributed by atoms with Gasteiger partial charge in [-0.2, -0.15) is 0 Å². The average molecular weight is 331 g/mol. The Bertz CT molecular complexity index is 757. The van der Waals surface area contributed by atoms with E-state index in [0.29, 0.717) is 23.9 Å². The van der Waals surface area contributed by atoms with E-state index in [0.717, 1.165) is 22.6 Å². The minimum Gasteiger partial charge on any atom is -0.497 e. The first kappa shape index (κ1) is 15.3. The second-order valence-electron chi connectivity index (χ2n) is 5.12. The van der Waals surface area contributed by atoms with Gasteiger partial charge in [-0.05, 0) is 29.3 Å². The van der Waals surface area contributed by atoms with Crippen molar-refractivity contribution < 1.29 is 9.47 Å². The predicted molar refractivity (Wildman–Crippen MR) is 90.4 cm³/mol. The SMILES string of the molecule is COc1ccc(-c2cc(Cl)cc3c2NC(CN=[N+]=[N-])CO3)cc1. The average Bonchev–Trinajstić information content (AvgIpc) is 2.59. The first-order valence-electron chi connectivity index (χ1n) is 7.09. The van der Waals surface area contributed by atoms with Crippen LogP contribution in [0, 0.1) is 0 Å². The molecule has 0 amide bonds. The number of ether oxygens (including phenoxy) is 2. The highest BCUT2D eigenvalue weighted by atomic mass is 35.5. The van der Waals surface area contributed by atoms with Crippen molar-refractivity contribution in [2.24, 2.45) is 5.11 Å². The highest BCUT2D eigenvalue weighted by Gasteiger charge is 2.22. The lowest BCUT2D eigenvalue weighted by molar-refractivity contribution is 0.287. The molecule has 118 valence electrons. The van der Waals surface area contributed by atoms with Crippen LogP contribution in [0.5, 0.6) is 11.5 Å². The van der Waals surface area contributed by atoms with E-state index in [9.17, 15) is 0 Å². The molecule has 0 spiro atoms. The molecule has 1 unspecified atom stereocenters. The zero-order valence-corrected chi connectivity index (χ0v) is 13.2. The van der Waals surface area contributed by atoms with Gasteiger partial charge in [0.05, 0.1) is 18.8 Å². The van der Waals surface area contributed by atoms with Gasteiger partial charge in [-0.3, -0.25) is 0 Å². The highest BCUT2D eigenvalue weighted by molar-refractivity contribution is 6.31. The molecular weight excluding hydrogens is 316 g/mol. The lowest BCUT2D eigenvalue weighted by Gasteiger charge is -2.28. The summed E-state index contributed by atoms with van der Waals surface area (Å²) in [4.78, 5) is 2.79. The van der Waals surface area contributed by atoms with Gasteiger partial charge in [0, 0.05) is 28.1 Å². The van der Waals surface area contributed by atoms with Crippen molar-refractivity contribution in [3.63, 3.8) is 0 Å². The summed E-state index contributed by atoms with van der Waals surface area (Å²) in [5, 5.41) is 7.58. The normalized spacial score (nSPS) is 15.7. The molecular formula is C16H15ClN4O2. The molecule has 1 aliphatic rings. The number of nitrogens with zero attached hydrogens (tertiary/aromatic N) is 3. The molecule has 0 bridgehead atoms. The summed E-state index contributed by atoms with van der Waals surface area (Å²) >= 11 is 6.21. The molecule has 0 radical (unpaired) electrons. The van der Waals surface area contributed by atoms with Gasteiger partial charge in [0.25, 0.3) is 0 Å². The van der Waals surface area contributed by atoms with Crippen LogP contribution in [0.4, 0.5) is 5.69 Å². The van der Waals surface area contributed by atoms with Crippen molar-refractivity contribution in [2.75, 3.05) is 25.6 Å². The number of azide groups is 1. The van der Waals surface area contributed by atoms with Gasteiger partial charge in [-0.1, -0.05) is 28.8 Å². The number of hydrogen-bond acceptors (Lipinski definition) is 4. The molecule has 2 aromatic carbocycles. The van der Waals surface area contributed by atoms with Crippen molar-refractivity contribution in [1.82, 2.24) is 0 Å². The molecule has 7 heteroatoms. The fraction of sp³-hybridized carbons (Fsp3) is 0.250. The Morgan fingerprint density at radius 1 is 1.39 bits per heavy atom. The molecule has 0 fully saturated rings. The first-order chi connectivity index (χ1) is 11.2. The third kappa shape index (κ3) is 3.28. The lowest BCUT2D eigenvalue weighted by atomic mass is 10.0. The van der Waals surface area contributed by atoms with Crippen LogP contribution in [0.25, 0.3) is 21.6 Å². The molecule has 0 aromatic heterocycles. The maximum absolute atomic E-state index is 8.47. The molecule has 0 saturated heterocycles. The van der Waals surface area contributed by atoms with Crippen LogP contribution in [0.2, 0.25) is 5.02 Å². The van der Waals surface area contributed by atoms with Gasteiger partial charge < -0.3 is 14.8 Å². The molecule has 1 aliphatic heterocycles. The number of methoxy groups -OCH3 is 1. The smallest absolute Gasteiger partial charge is 0.144 e. The summed E-state index contributed by atoms with van der Waals surface area (Å²) in [5.74, 6) is 1.48. The number of nitrogens with one attached hydrogen (secondary N) is 1. The van der Waals surface area contributed by atoms with E-state index < -0.39 is 0 Å². The number of hydrogen-bond donors (Lipinski definition) is 1. The summed E-state index contributed by atoms with van der Waals surface area (Å²) in [6.45, 7) is 0.745. The van der Waals surface area contributed by atoms with Crippen molar-refractivity contribution in [1.29, 1.82) is 0 Å². The van der Waals surface area contributed by atoms with Crippen molar-refractivity contribution in [3.05, 3.63) is 51.9 Å². The van der Waals surface area contributed by atoms with E-state index in [1.807, 2.05) is 30.3 Å². The molecule has 3 rings (SSSR count). The topological polar surface area (TPSA) is 79.2 Å². The molecule has 23 heavy (non-hydrogen) atoms. The number of fused-ring (bicyclic) bond motifs is 1. The largest absolute Gasteiger partial charge is 0.497 e. The fourth-order valence-electron chi connectivity index (χ4n) is 2.51. The van der Waals surface area contributed by atoms with Crippen molar-refractivity contribution in [3.8, 4) is 22.6 Å². The molecule has 2 aromatic rings. The Kier molecular flexibility index (Phi) is 4.46. The van der Waals surface area contributed by atoms with Gasteiger partial charge >= 0.3 is 0 Å².